The van der Waals surface area contributed by atoms with Crippen molar-refractivity contribution in [1.29, 1.82) is 0 Å². The van der Waals surface area contributed by atoms with E-state index in [-0.39, 0.29) is 17.9 Å². The van der Waals surface area contributed by atoms with E-state index in [1.54, 1.807) is 0 Å². The van der Waals surface area contributed by atoms with Gasteiger partial charge < -0.3 is 9.80 Å². The topological polar surface area (TPSA) is 40.6 Å². The maximum atomic E-state index is 12.7. The minimum absolute atomic E-state index is 0.0813. The van der Waals surface area contributed by atoms with Crippen LogP contribution in [0.1, 0.15) is 24.0 Å². The van der Waals surface area contributed by atoms with Gasteiger partial charge in [0.05, 0.1) is 6.42 Å². The van der Waals surface area contributed by atoms with Gasteiger partial charge in [-0.2, -0.15) is 11.8 Å². The molecule has 1 atom stereocenters. The fourth-order valence-corrected chi connectivity index (χ4v) is 4.32. The minimum Gasteiger partial charge on any atom is -0.339 e. The Kier molecular flexibility index (Phi) is 5.26. The van der Waals surface area contributed by atoms with E-state index in [4.69, 9.17) is 0 Å². The normalized spacial score (nSPS) is 21.5. The van der Waals surface area contributed by atoms with Gasteiger partial charge in [0, 0.05) is 31.1 Å². The van der Waals surface area contributed by atoms with Crippen LogP contribution >= 0.6 is 11.8 Å². The molecule has 0 unspecified atom stereocenters. The smallest absolute Gasteiger partial charge is 0.245 e. The zero-order chi connectivity index (χ0) is 16.2. The van der Waals surface area contributed by atoms with Crippen molar-refractivity contribution in [2.24, 2.45) is 0 Å². The van der Waals surface area contributed by atoms with Crippen LogP contribution in [0.2, 0.25) is 0 Å². The first kappa shape index (κ1) is 16.4. The quantitative estimate of drug-likeness (QED) is 0.851. The summed E-state index contributed by atoms with van der Waals surface area (Å²) in [7, 11) is 0. The highest BCUT2D eigenvalue weighted by molar-refractivity contribution is 7.99. The van der Waals surface area contributed by atoms with Crippen LogP contribution in [0.4, 0.5) is 0 Å². The maximum absolute atomic E-state index is 12.7. The third-order valence-electron chi connectivity index (χ3n) is 4.62. The van der Waals surface area contributed by atoms with Gasteiger partial charge in [0.2, 0.25) is 11.8 Å². The predicted molar refractivity (Wildman–Crippen MR) is 93.5 cm³/mol. The van der Waals surface area contributed by atoms with E-state index < -0.39 is 0 Å². The summed E-state index contributed by atoms with van der Waals surface area (Å²) in [6.45, 7) is 4.38. The lowest BCUT2D eigenvalue weighted by Crippen LogP contribution is -2.50. The largest absolute Gasteiger partial charge is 0.339 e. The number of benzene rings is 1. The van der Waals surface area contributed by atoms with Gasteiger partial charge in [-0.25, -0.2) is 0 Å². The third-order valence-corrected chi connectivity index (χ3v) is 5.56. The highest BCUT2D eigenvalue weighted by Crippen LogP contribution is 2.22. The molecule has 23 heavy (non-hydrogen) atoms. The number of hydrogen-bond donors (Lipinski definition) is 0. The summed E-state index contributed by atoms with van der Waals surface area (Å²) in [5.41, 5.74) is 2.19. The Morgan fingerprint density at radius 1 is 1.22 bits per heavy atom. The molecule has 0 spiro atoms. The molecule has 2 aliphatic heterocycles. The molecule has 0 aromatic heterocycles. The summed E-state index contributed by atoms with van der Waals surface area (Å²) >= 11 is 1.89. The molecule has 1 aromatic carbocycles. The first-order valence-corrected chi connectivity index (χ1v) is 9.52. The summed E-state index contributed by atoms with van der Waals surface area (Å²) in [5.74, 6) is 2.25. The number of thioether (sulfide) groups is 1. The lowest BCUT2D eigenvalue weighted by atomic mass is 10.1. The molecule has 0 radical (unpaired) electrons. The molecule has 0 N–H and O–H groups in total. The van der Waals surface area contributed by atoms with Gasteiger partial charge in [-0.15, -0.1) is 0 Å². The van der Waals surface area contributed by atoms with Crippen molar-refractivity contribution < 1.29 is 9.59 Å². The Hall–Kier alpha value is -1.49. The van der Waals surface area contributed by atoms with Gasteiger partial charge in [0.15, 0.2) is 0 Å². The number of hydrogen-bond acceptors (Lipinski definition) is 3. The molecule has 3 rings (SSSR count). The Bertz CT molecular complexity index is 584. The van der Waals surface area contributed by atoms with Crippen LogP contribution in [0, 0.1) is 6.92 Å². The predicted octanol–water partition coefficient (Wildman–Crippen LogP) is 2.10. The number of nitrogens with zero attached hydrogens (tertiary/aromatic N) is 2. The molecule has 2 saturated heterocycles. The fourth-order valence-electron chi connectivity index (χ4n) is 3.41. The Morgan fingerprint density at radius 3 is 2.74 bits per heavy atom. The van der Waals surface area contributed by atoms with Crippen molar-refractivity contribution in [1.82, 2.24) is 9.80 Å². The van der Waals surface area contributed by atoms with Crippen molar-refractivity contribution in [3.8, 4) is 0 Å². The number of likely N-dealkylation sites (tertiary alicyclic amines) is 1. The van der Waals surface area contributed by atoms with Gasteiger partial charge in [0.1, 0.15) is 6.04 Å². The summed E-state index contributed by atoms with van der Waals surface area (Å²) in [5, 5.41) is 0. The maximum Gasteiger partial charge on any atom is 0.245 e. The average Bonchev–Trinajstić information content (AvgIpc) is 3.05. The van der Waals surface area contributed by atoms with Crippen LogP contribution < -0.4 is 0 Å². The molecule has 4 nitrogen and oxygen atoms in total. The molecule has 2 amide bonds. The zero-order valence-electron chi connectivity index (χ0n) is 13.7. The van der Waals surface area contributed by atoms with Gasteiger partial charge >= 0.3 is 0 Å². The highest BCUT2D eigenvalue weighted by Gasteiger charge is 2.36. The monoisotopic (exact) mass is 332 g/mol. The van der Waals surface area contributed by atoms with Crippen molar-refractivity contribution in [3.63, 3.8) is 0 Å². The minimum atomic E-state index is -0.240. The lowest BCUT2D eigenvalue weighted by Gasteiger charge is -2.32. The van der Waals surface area contributed by atoms with E-state index in [2.05, 4.69) is 0 Å². The van der Waals surface area contributed by atoms with Crippen molar-refractivity contribution in [3.05, 3.63) is 35.4 Å². The van der Waals surface area contributed by atoms with Gasteiger partial charge in [0.25, 0.3) is 0 Å². The standard InChI is InChI=1S/C18H24N2O2S/c1-14-4-2-5-15(12-14)13-17(21)20-7-3-6-16(20)18(22)19-8-10-23-11-9-19/h2,4-5,12,16H,3,6-11,13H2,1H3/t16-/m0/s1. The highest BCUT2D eigenvalue weighted by atomic mass is 32.2. The molecule has 5 heteroatoms. The summed E-state index contributed by atoms with van der Waals surface area (Å²) < 4.78 is 0. The SMILES string of the molecule is Cc1cccc(CC(=O)N2CCC[C@H]2C(=O)N2CCSCC2)c1. The van der Waals surface area contributed by atoms with Gasteiger partial charge in [-0.3, -0.25) is 9.59 Å². The summed E-state index contributed by atoms with van der Waals surface area (Å²) in [4.78, 5) is 29.2. The van der Waals surface area contributed by atoms with E-state index in [9.17, 15) is 9.59 Å². The average molecular weight is 332 g/mol. The van der Waals surface area contributed by atoms with Crippen LogP contribution in [-0.2, 0) is 16.0 Å². The van der Waals surface area contributed by atoms with Gasteiger partial charge in [-0.05, 0) is 25.3 Å². The van der Waals surface area contributed by atoms with Crippen molar-refractivity contribution in [2.45, 2.75) is 32.2 Å². The van der Waals surface area contributed by atoms with Gasteiger partial charge in [-0.1, -0.05) is 29.8 Å². The fraction of sp³-hybridized carbons (Fsp3) is 0.556. The molecular formula is C18H24N2O2S. The summed E-state index contributed by atoms with van der Waals surface area (Å²) in [6, 6.07) is 7.81. The number of carbonyl (C=O) groups excluding carboxylic acids is 2. The van der Waals surface area contributed by atoms with E-state index in [0.29, 0.717) is 13.0 Å². The second-order valence-electron chi connectivity index (χ2n) is 6.35. The second-order valence-corrected chi connectivity index (χ2v) is 7.57. The molecule has 0 aliphatic carbocycles. The Balaban J connectivity index is 1.65. The molecule has 124 valence electrons. The third kappa shape index (κ3) is 3.89. The number of aryl methyl sites for hydroxylation is 1. The van der Waals surface area contributed by atoms with Crippen LogP contribution in [0.3, 0.4) is 0 Å². The Labute approximate surface area is 142 Å². The molecule has 2 aliphatic rings. The van der Waals surface area contributed by atoms with E-state index in [1.165, 1.54) is 0 Å². The molecule has 2 fully saturated rings. The van der Waals surface area contributed by atoms with E-state index in [0.717, 1.165) is 48.6 Å². The number of amides is 2. The van der Waals surface area contributed by atoms with Crippen LogP contribution in [0.25, 0.3) is 0 Å². The molecule has 1 aromatic rings. The first-order chi connectivity index (χ1) is 11.1. The second kappa shape index (κ2) is 7.39. The van der Waals surface area contributed by atoms with E-state index in [1.807, 2.05) is 52.8 Å². The first-order valence-electron chi connectivity index (χ1n) is 8.37. The lowest BCUT2D eigenvalue weighted by molar-refractivity contribution is -0.143. The van der Waals surface area contributed by atoms with Crippen molar-refractivity contribution >= 4 is 23.6 Å². The number of carbonyl (C=O) groups is 2. The van der Waals surface area contributed by atoms with Crippen LogP contribution in [0.15, 0.2) is 24.3 Å². The zero-order valence-corrected chi connectivity index (χ0v) is 14.5. The van der Waals surface area contributed by atoms with Crippen LogP contribution in [-0.4, -0.2) is 58.8 Å². The molecule has 2 heterocycles. The van der Waals surface area contributed by atoms with Crippen molar-refractivity contribution in [2.75, 3.05) is 31.1 Å². The molecular weight excluding hydrogens is 308 g/mol. The summed E-state index contributed by atoms with van der Waals surface area (Å²) in [6.07, 6.45) is 2.13. The molecule has 0 bridgehead atoms. The van der Waals surface area contributed by atoms with Crippen LogP contribution in [0.5, 0.6) is 0 Å². The molecule has 0 saturated carbocycles. The Morgan fingerprint density at radius 2 is 2.00 bits per heavy atom. The number of rotatable bonds is 3. The van der Waals surface area contributed by atoms with E-state index >= 15 is 0 Å².